The number of rotatable bonds is 13. The summed E-state index contributed by atoms with van der Waals surface area (Å²) in [6, 6.07) is 60.0. The van der Waals surface area contributed by atoms with Crippen molar-refractivity contribution in [1.29, 1.82) is 0 Å². The number of hydrogen-bond donors (Lipinski definition) is 0. The summed E-state index contributed by atoms with van der Waals surface area (Å²) in [6.45, 7) is 11.1. The van der Waals surface area contributed by atoms with Crippen LogP contribution in [0.25, 0.3) is 33.4 Å². The molecular weight excluding hydrogens is 836 g/mol. The average Bonchev–Trinajstić information content (AvgIpc) is 3.32. The molecule has 0 unspecified atom stereocenters. The summed E-state index contributed by atoms with van der Waals surface area (Å²) in [5.41, 5.74) is 13.5. The van der Waals surface area contributed by atoms with Crippen molar-refractivity contribution < 1.29 is 19.1 Å². The molecule has 0 heterocycles. The van der Waals surface area contributed by atoms with Gasteiger partial charge in [-0.15, -0.1) is 0 Å². The van der Waals surface area contributed by atoms with Crippen molar-refractivity contribution in [3.05, 3.63) is 228 Å². The van der Waals surface area contributed by atoms with Crippen molar-refractivity contribution >= 4 is 69.3 Å². The number of nitrogens with zero attached hydrogens (tertiary/aromatic N) is 2. The molecule has 0 radical (unpaired) electrons. The van der Waals surface area contributed by atoms with E-state index in [4.69, 9.17) is 32.7 Å². The van der Waals surface area contributed by atoms with E-state index in [1.807, 2.05) is 66.7 Å². The van der Waals surface area contributed by atoms with Crippen LogP contribution in [-0.2, 0) is 9.59 Å². The smallest absolute Gasteiger partial charge is 0.335 e. The second-order valence-electron chi connectivity index (χ2n) is 15.1. The van der Waals surface area contributed by atoms with Gasteiger partial charge in [-0.05, 0) is 144 Å². The summed E-state index contributed by atoms with van der Waals surface area (Å²) in [5.74, 6) is -0.145. The molecule has 0 spiro atoms. The van der Waals surface area contributed by atoms with E-state index < -0.39 is 11.9 Å². The molecule has 0 amide bonds. The van der Waals surface area contributed by atoms with E-state index in [9.17, 15) is 9.59 Å². The maximum absolute atomic E-state index is 11.7. The van der Waals surface area contributed by atoms with E-state index in [1.165, 1.54) is 11.1 Å². The number of benzene rings is 8. The first-order valence-electron chi connectivity index (χ1n) is 20.5. The molecule has 0 aromatic heterocycles. The van der Waals surface area contributed by atoms with Crippen LogP contribution in [0.15, 0.2) is 207 Å². The predicted molar refractivity (Wildman–Crippen MR) is 263 cm³/mol. The molecule has 0 aliphatic rings. The summed E-state index contributed by atoms with van der Waals surface area (Å²) in [4.78, 5) is 27.7. The highest BCUT2D eigenvalue weighted by Gasteiger charge is 2.20. The highest BCUT2D eigenvalue weighted by atomic mass is 35.5. The highest BCUT2D eigenvalue weighted by molar-refractivity contribution is 6.34. The van der Waals surface area contributed by atoms with Crippen LogP contribution in [0, 0.1) is 13.8 Å². The number of hydrogen-bond acceptors (Lipinski definition) is 6. The summed E-state index contributed by atoms with van der Waals surface area (Å²) in [6.07, 6.45) is 2.27. The molecule has 0 saturated heterocycles. The maximum atomic E-state index is 11.7. The highest BCUT2D eigenvalue weighted by Crippen LogP contribution is 2.44. The number of ether oxygens (including phenoxy) is 2. The van der Waals surface area contributed by atoms with Gasteiger partial charge in [0.15, 0.2) is 0 Å². The lowest BCUT2D eigenvalue weighted by atomic mass is 10.0. The van der Waals surface area contributed by atoms with Crippen molar-refractivity contribution in [2.75, 3.05) is 9.80 Å². The fourth-order valence-corrected chi connectivity index (χ4v) is 7.86. The topological polar surface area (TPSA) is 59.1 Å². The van der Waals surface area contributed by atoms with Crippen molar-refractivity contribution in [2.45, 2.75) is 13.8 Å². The second kappa shape index (κ2) is 19.2. The van der Waals surface area contributed by atoms with E-state index >= 15 is 0 Å². The monoisotopic (exact) mass is 876 g/mol. The Hall–Kier alpha value is -7.64. The molecule has 8 aromatic carbocycles. The SMILES string of the molecule is C=CC(=O)Oc1ccc(-c2ccc(N(c3ccc(-c4ccc(OC(=O)C=C)cc4)cc3)c3ccc(-c4ccc(N(c5ccc(C)cc5)c5ccc(C)cc5)c(Cl)c4)cc3Cl)cc2)cc1. The van der Waals surface area contributed by atoms with Crippen LogP contribution in [0.1, 0.15) is 11.1 Å². The second-order valence-corrected chi connectivity index (χ2v) is 15.9. The third-order valence-electron chi connectivity index (χ3n) is 10.7. The van der Waals surface area contributed by atoms with E-state index in [2.05, 4.69) is 128 Å². The van der Waals surface area contributed by atoms with Crippen LogP contribution in [0.2, 0.25) is 10.0 Å². The number of aryl methyl sites for hydroxylation is 2. The predicted octanol–water partition coefficient (Wildman–Crippen LogP) is 15.7. The number of carbonyl (C=O) groups is 2. The van der Waals surface area contributed by atoms with Gasteiger partial charge in [0.1, 0.15) is 11.5 Å². The van der Waals surface area contributed by atoms with Gasteiger partial charge in [-0.3, -0.25) is 0 Å². The van der Waals surface area contributed by atoms with Crippen LogP contribution >= 0.6 is 23.2 Å². The number of anilines is 6. The van der Waals surface area contributed by atoms with Gasteiger partial charge in [0.25, 0.3) is 0 Å². The molecule has 64 heavy (non-hydrogen) atoms. The summed E-state index contributed by atoms with van der Waals surface area (Å²) in [5, 5.41) is 1.14. The van der Waals surface area contributed by atoms with Gasteiger partial charge in [-0.2, -0.15) is 0 Å². The van der Waals surface area contributed by atoms with Crippen molar-refractivity contribution in [3.63, 3.8) is 0 Å². The normalized spacial score (nSPS) is 10.8. The van der Waals surface area contributed by atoms with Gasteiger partial charge in [0.2, 0.25) is 0 Å². The molecule has 8 rings (SSSR count). The first kappa shape index (κ1) is 43.0. The molecule has 314 valence electrons. The van der Waals surface area contributed by atoms with Gasteiger partial charge in [-0.25, -0.2) is 9.59 Å². The van der Waals surface area contributed by atoms with Gasteiger partial charge in [-0.1, -0.05) is 132 Å². The Labute approximate surface area is 383 Å². The number of carbonyl (C=O) groups excluding carboxylic acids is 2. The minimum Gasteiger partial charge on any atom is -0.423 e. The first-order chi connectivity index (χ1) is 31.1. The lowest BCUT2D eigenvalue weighted by Crippen LogP contribution is -2.11. The molecule has 0 fully saturated rings. The third kappa shape index (κ3) is 9.69. The van der Waals surface area contributed by atoms with Gasteiger partial charge in [0, 0.05) is 34.9 Å². The first-order valence-corrected chi connectivity index (χ1v) is 21.2. The quantitative estimate of drug-likeness (QED) is 0.0653. The molecule has 8 aromatic rings. The standard InChI is InChI=1S/C56H42Cl2N2O4/c1-5-55(61)63-49-29-15-41(16-30-49)39-11-25-47(26-12-39)60(48-27-13-40(14-28-48)42-17-31-50(32-18-42)64-56(62)6-2)54-34-20-44(36-52(54)58)43-19-33-53(51(57)35-43)59(45-21-7-37(3)8-22-45)46-23-9-38(4)10-24-46/h5-36H,1-2H2,3-4H3. The van der Waals surface area contributed by atoms with Crippen molar-refractivity contribution in [1.82, 2.24) is 0 Å². The maximum Gasteiger partial charge on any atom is 0.335 e. The minimum atomic E-state index is -0.512. The fourth-order valence-electron chi connectivity index (χ4n) is 7.33. The summed E-state index contributed by atoms with van der Waals surface area (Å²) < 4.78 is 10.5. The zero-order valence-electron chi connectivity index (χ0n) is 35.2. The van der Waals surface area contributed by atoms with E-state index in [-0.39, 0.29) is 0 Å². The van der Waals surface area contributed by atoms with Gasteiger partial charge < -0.3 is 19.3 Å². The van der Waals surface area contributed by atoms with Crippen LogP contribution in [-0.4, -0.2) is 11.9 Å². The largest absolute Gasteiger partial charge is 0.423 e. The van der Waals surface area contributed by atoms with Gasteiger partial charge >= 0.3 is 11.9 Å². The van der Waals surface area contributed by atoms with Crippen molar-refractivity contribution in [2.24, 2.45) is 0 Å². The van der Waals surface area contributed by atoms with Crippen LogP contribution < -0.4 is 19.3 Å². The average molecular weight is 878 g/mol. The minimum absolute atomic E-state index is 0.440. The number of esters is 2. The Morgan fingerprint density at radius 1 is 0.406 bits per heavy atom. The fraction of sp³-hybridized carbons (Fsp3) is 0.0357. The van der Waals surface area contributed by atoms with Crippen LogP contribution in [0.5, 0.6) is 11.5 Å². The Bertz CT molecular complexity index is 2810. The Kier molecular flexibility index (Phi) is 12.9. The van der Waals surface area contributed by atoms with E-state index in [0.717, 1.165) is 79.7 Å². The molecule has 0 atom stereocenters. The van der Waals surface area contributed by atoms with Crippen molar-refractivity contribution in [3.8, 4) is 44.9 Å². The molecular formula is C56H42Cl2N2O4. The zero-order chi connectivity index (χ0) is 44.7. The Balaban J connectivity index is 1.13. The molecule has 0 aliphatic heterocycles. The number of halogens is 2. The Morgan fingerprint density at radius 2 is 0.672 bits per heavy atom. The Morgan fingerprint density at radius 3 is 0.953 bits per heavy atom. The third-order valence-corrected chi connectivity index (χ3v) is 11.3. The zero-order valence-corrected chi connectivity index (χ0v) is 36.7. The summed E-state index contributed by atoms with van der Waals surface area (Å²) >= 11 is 14.5. The molecule has 8 heteroatoms. The molecule has 0 aliphatic carbocycles. The van der Waals surface area contributed by atoms with Gasteiger partial charge in [0.05, 0.1) is 21.4 Å². The molecule has 0 N–H and O–H groups in total. The molecule has 0 bridgehead atoms. The van der Waals surface area contributed by atoms with Crippen LogP contribution in [0.3, 0.4) is 0 Å². The lowest BCUT2D eigenvalue weighted by molar-refractivity contribution is -0.129. The lowest BCUT2D eigenvalue weighted by Gasteiger charge is -2.28. The molecule has 0 saturated carbocycles. The summed E-state index contributed by atoms with van der Waals surface area (Å²) in [7, 11) is 0. The van der Waals surface area contributed by atoms with E-state index in [1.54, 1.807) is 24.3 Å². The van der Waals surface area contributed by atoms with Crippen LogP contribution in [0.4, 0.5) is 34.1 Å². The molecule has 6 nitrogen and oxygen atoms in total. The van der Waals surface area contributed by atoms with E-state index in [0.29, 0.717) is 21.5 Å².